The van der Waals surface area contributed by atoms with Crippen LogP contribution in [0.25, 0.3) is 0 Å². The molecular formula is C23H28Cl2N2O2. The van der Waals surface area contributed by atoms with Crippen LogP contribution in [0.2, 0.25) is 10.0 Å². The molecule has 0 fully saturated rings. The summed E-state index contributed by atoms with van der Waals surface area (Å²) >= 11 is 12.1. The Balaban J connectivity index is 2.11. The van der Waals surface area contributed by atoms with E-state index in [1.54, 1.807) is 30.0 Å². The highest BCUT2D eigenvalue weighted by atomic mass is 35.5. The molecule has 1 N–H and O–H groups in total. The van der Waals surface area contributed by atoms with Gasteiger partial charge < -0.3 is 10.2 Å². The number of benzene rings is 2. The van der Waals surface area contributed by atoms with Gasteiger partial charge >= 0.3 is 0 Å². The number of carbonyl (C=O) groups excluding carboxylic acids is 2. The van der Waals surface area contributed by atoms with Crippen molar-refractivity contribution in [3.8, 4) is 0 Å². The predicted octanol–water partition coefficient (Wildman–Crippen LogP) is 4.91. The van der Waals surface area contributed by atoms with E-state index in [2.05, 4.69) is 12.2 Å². The highest BCUT2D eigenvalue weighted by Gasteiger charge is 2.25. The molecule has 4 nitrogen and oxygen atoms in total. The molecule has 0 aliphatic rings. The van der Waals surface area contributed by atoms with Gasteiger partial charge in [-0.1, -0.05) is 72.9 Å². The number of nitrogens with one attached hydrogen (secondary N) is 1. The minimum Gasteiger partial charge on any atom is -0.354 e. The molecule has 0 saturated carbocycles. The van der Waals surface area contributed by atoms with Crippen molar-refractivity contribution in [2.75, 3.05) is 13.1 Å². The third-order valence-corrected chi connectivity index (χ3v) is 5.56. The standard InChI is InChI=1S/C23H28Cl2N2O2/c1-3-4-13-26-23(29)17(2)27(14-12-18-8-6-5-7-9-18)22(28)16-19-10-11-20(24)21(25)15-19/h5-11,15,17H,3-4,12-14,16H2,1-2H3,(H,26,29). The van der Waals surface area contributed by atoms with Crippen LogP contribution in [-0.2, 0) is 22.4 Å². The molecule has 0 bridgehead atoms. The van der Waals surface area contributed by atoms with Gasteiger partial charge in [-0.2, -0.15) is 0 Å². The minimum absolute atomic E-state index is 0.113. The number of carbonyl (C=O) groups is 2. The average molecular weight is 435 g/mol. The topological polar surface area (TPSA) is 49.4 Å². The zero-order valence-electron chi connectivity index (χ0n) is 17.0. The van der Waals surface area contributed by atoms with Gasteiger partial charge in [-0.05, 0) is 43.0 Å². The van der Waals surface area contributed by atoms with E-state index in [-0.39, 0.29) is 18.2 Å². The molecule has 2 aromatic carbocycles. The number of amides is 2. The minimum atomic E-state index is -0.550. The Labute approximate surface area is 183 Å². The monoisotopic (exact) mass is 434 g/mol. The second-order valence-corrected chi connectivity index (χ2v) is 7.88. The molecule has 0 radical (unpaired) electrons. The van der Waals surface area contributed by atoms with Gasteiger partial charge in [-0.3, -0.25) is 9.59 Å². The van der Waals surface area contributed by atoms with Gasteiger partial charge in [-0.15, -0.1) is 0 Å². The summed E-state index contributed by atoms with van der Waals surface area (Å²) in [6, 6.07) is 14.6. The fourth-order valence-electron chi connectivity index (χ4n) is 3.03. The van der Waals surface area contributed by atoms with Gasteiger partial charge in [0, 0.05) is 13.1 Å². The van der Waals surface area contributed by atoms with Crippen LogP contribution < -0.4 is 5.32 Å². The first-order chi connectivity index (χ1) is 13.9. The molecule has 2 amide bonds. The van der Waals surface area contributed by atoms with Crippen molar-refractivity contribution in [1.29, 1.82) is 0 Å². The van der Waals surface area contributed by atoms with Gasteiger partial charge in [0.05, 0.1) is 16.5 Å². The lowest BCUT2D eigenvalue weighted by atomic mass is 10.1. The van der Waals surface area contributed by atoms with Crippen LogP contribution in [0.5, 0.6) is 0 Å². The zero-order chi connectivity index (χ0) is 21.2. The van der Waals surface area contributed by atoms with E-state index in [1.165, 1.54) is 0 Å². The molecule has 6 heteroatoms. The van der Waals surface area contributed by atoms with Crippen LogP contribution in [0.3, 0.4) is 0 Å². The third kappa shape index (κ3) is 7.37. The van der Waals surface area contributed by atoms with E-state index in [1.807, 2.05) is 30.3 Å². The summed E-state index contributed by atoms with van der Waals surface area (Å²) in [6.45, 7) is 4.93. The van der Waals surface area contributed by atoms with Crippen LogP contribution in [0, 0.1) is 0 Å². The van der Waals surface area contributed by atoms with Gasteiger partial charge in [-0.25, -0.2) is 0 Å². The van der Waals surface area contributed by atoms with Crippen molar-refractivity contribution in [1.82, 2.24) is 10.2 Å². The SMILES string of the molecule is CCCCNC(=O)C(C)N(CCc1ccccc1)C(=O)Cc1ccc(Cl)c(Cl)c1. The van der Waals surface area contributed by atoms with Gasteiger partial charge in [0.2, 0.25) is 11.8 Å². The van der Waals surface area contributed by atoms with Crippen LogP contribution in [0.1, 0.15) is 37.8 Å². The van der Waals surface area contributed by atoms with Gasteiger partial charge in [0.25, 0.3) is 0 Å². The summed E-state index contributed by atoms with van der Waals surface area (Å²) in [6.07, 6.45) is 2.77. The lowest BCUT2D eigenvalue weighted by molar-refractivity contribution is -0.139. The maximum atomic E-state index is 13.1. The van der Waals surface area contributed by atoms with Gasteiger partial charge in [0.15, 0.2) is 0 Å². The second-order valence-electron chi connectivity index (χ2n) is 7.07. The number of unbranched alkanes of at least 4 members (excludes halogenated alkanes) is 1. The smallest absolute Gasteiger partial charge is 0.242 e. The fourth-order valence-corrected chi connectivity index (χ4v) is 3.35. The summed E-state index contributed by atoms with van der Waals surface area (Å²) in [4.78, 5) is 27.3. The molecule has 29 heavy (non-hydrogen) atoms. The lowest BCUT2D eigenvalue weighted by Gasteiger charge is -2.29. The highest BCUT2D eigenvalue weighted by molar-refractivity contribution is 6.42. The number of hydrogen-bond donors (Lipinski definition) is 1. The van der Waals surface area contributed by atoms with Crippen LogP contribution >= 0.6 is 23.2 Å². The summed E-state index contributed by atoms with van der Waals surface area (Å²) in [5.74, 6) is -0.244. The van der Waals surface area contributed by atoms with E-state index < -0.39 is 6.04 Å². The van der Waals surface area contributed by atoms with Crippen molar-refractivity contribution in [3.63, 3.8) is 0 Å². The number of hydrogen-bond acceptors (Lipinski definition) is 2. The van der Waals surface area contributed by atoms with Crippen LogP contribution in [-0.4, -0.2) is 35.8 Å². The Hall–Kier alpha value is -2.04. The first-order valence-corrected chi connectivity index (χ1v) is 10.7. The molecule has 0 spiro atoms. The molecule has 2 aromatic rings. The highest BCUT2D eigenvalue weighted by Crippen LogP contribution is 2.23. The van der Waals surface area contributed by atoms with Crippen molar-refractivity contribution in [2.45, 2.75) is 45.6 Å². The largest absolute Gasteiger partial charge is 0.354 e. The number of rotatable bonds is 10. The average Bonchev–Trinajstić information content (AvgIpc) is 2.71. The summed E-state index contributed by atoms with van der Waals surface area (Å²) < 4.78 is 0. The van der Waals surface area contributed by atoms with E-state index in [0.29, 0.717) is 29.6 Å². The Kier molecular flexibility index (Phi) is 9.49. The molecule has 0 aliphatic heterocycles. The van der Waals surface area contributed by atoms with Crippen LogP contribution in [0.4, 0.5) is 0 Å². The Morgan fingerprint density at radius 3 is 2.41 bits per heavy atom. The summed E-state index contributed by atoms with van der Waals surface area (Å²) in [5, 5.41) is 3.79. The molecule has 0 saturated heterocycles. The van der Waals surface area contributed by atoms with E-state index in [4.69, 9.17) is 23.2 Å². The van der Waals surface area contributed by atoms with E-state index in [0.717, 1.165) is 24.0 Å². The predicted molar refractivity (Wildman–Crippen MR) is 119 cm³/mol. The van der Waals surface area contributed by atoms with Crippen LogP contribution in [0.15, 0.2) is 48.5 Å². The molecule has 0 aromatic heterocycles. The Morgan fingerprint density at radius 2 is 1.76 bits per heavy atom. The molecule has 0 heterocycles. The first kappa shape index (κ1) is 23.2. The number of nitrogens with zero attached hydrogens (tertiary/aromatic N) is 1. The molecule has 1 unspecified atom stereocenters. The maximum absolute atomic E-state index is 13.1. The van der Waals surface area contributed by atoms with E-state index >= 15 is 0 Å². The fraction of sp³-hybridized carbons (Fsp3) is 0.391. The molecule has 2 rings (SSSR count). The van der Waals surface area contributed by atoms with Crippen molar-refractivity contribution in [2.24, 2.45) is 0 Å². The molecule has 1 atom stereocenters. The van der Waals surface area contributed by atoms with Crippen molar-refractivity contribution < 1.29 is 9.59 Å². The molecular weight excluding hydrogens is 407 g/mol. The second kappa shape index (κ2) is 11.8. The van der Waals surface area contributed by atoms with Crippen molar-refractivity contribution >= 4 is 35.0 Å². The van der Waals surface area contributed by atoms with E-state index in [9.17, 15) is 9.59 Å². The third-order valence-electron chi connectivity index (χ3n) is 4.82. The molecule has 0 aliphatic carbocycles. The molecule has 156 valence electrons. The maximum Gasteiger partial charge on any atom is 0.242 e. The van der Waals surface area contributed by atoms with Gasteiger partial charge in [0.1, 0.15) is 6.04 Å². The zero-order valence-corrected chi connectivity index (χ0v) is 18.5. The number of halogens is 2. The Bertz CT molecular complexity index is 812. The summed E-state index contributed by atoms with van der Waals surface area (Å²) in [5.41, 5.74) is 1.89. The normalized spacial score (nSPS) is 11.7. The first-order valence-electron chi connectivity index (χ1n) is 9.97. The lowest BCUT2D eigenvalue weighted by Crippen LogP contribution is -2.49. The summed E-state index contributed by atoms with van der Waals surface area (Å²) in [7, 11) is 0. The van der Waals surface area contributed by atoms with Crippen molar-refractivity contribution in [3.05, 3.63) is 69.7 Å². The quantitative estimate of drug-likeness (QED) is 0.539. The Morgan fingerprint density at radius 1 is 1.03 bits per heavy atom.